The quantitative estimate of drug-likeness (QED) is 0.880. The lowest BCUT2D eigenvalue weighted by molar-refractivity contribution is 0.164. The highest BCUT2D eigenvalue weighted by atomic mass is 35.5. The van der Waals surface area contributed by atoms with Gasteiger partial charge in [-0.3, -0.25) is 9.88 Å². The molecule has 0 radical (unpaired) electrons. The van der Waals surface area contributed by atoms with E-state index in [1.807, 2.05) is 0 Å². The van der Waals surface area contributed by atoms with Gasteiger partial charge in [0.25, 0.3) is 0 Å². The first kappa shape index (κ1) is 20.2. The molecule has 1 saturated heterocycles. The molecule has 0 amide bonds. The number of piperazine rings is 1. The van der Waals surface area contributed by atoms with Gasteiger partial charge in [0.1, 0.15) is 0 Å². The second kappa shape index (κ2) is 10.0. The Kier molecular flexibility index (Phi) is 10.2. The van der Waals surface area contributed by atoms with Gasteiger partial charge in [-0.1, -0.05) is 36.5 Å². The van der Waals surface area contributed by atoms with Crippen molar-refractivity contribution in [1.82, 2.24) is 15.2 Å². The van der Waals surface area contributed by atoms with Crippen molar-refractivity contribution in [3.8, 4) is 0 Å². The third kappa shape index (κ3) is 4.90. The van der Waals surface area contributed by atoms with E-state index >= 15 is 0 Å². The molecule has 2 rings (SSSR count). The fourth-order valence-electron chi connectivity index (χ4n) is 2.52. The van der Waals surface area contributed by atoms with E-state index < -0.39 is 0 Å². The van der Waals surface area contributed by atoms with Crippen LogP contribution >= 0.6 is 48.0 Å². The molecule has 1 atom stereocenters. The number of nitrogens with zero attached hydrogens (tertiary/aromatic N) is 2. The summed E-state index contributed by atoms with van der Waals surface area (Å²) in [5.74, 6) is 0. The minimum atomic E-state index is 0. The highest BCUT2D eigenvalue weighted by Crippen LogP contribution is 2.35. The predicted molar refractivity (Wildman–Crippen MR) is 90.8 cm³/mol. The molecular formula is C13H21Cl4N3. The molecule has 0 aliphatic carbocycles. The van der Waals surface area contributed by atoms with Gasteiger partial charge in [-0.25, -0.2) is 0 Å². The van der Waals surface area contributed by atoms with E-state index in [0.29, 0.717) is 16.1 Å². The Morgan fingerprint density at radius 2 is 1.75 bits per heavy atom. The summed E-state index contributed by atoms with van der Waals surface area (Å²) in [5, 5.41) is 4.73. The molecule has 116 valence electrons. The van der Waals surface area contributed by atoms with E-state index in [1.54, 1.807) is 12.4 Å². The van der Waals surface area contributed by atoms with Crippen LogP contribution in [0.2, 0.25) is 10.0 Å². The first-order valence-electron chi connectivity index (χ1n) is 6.47. The van der Waals surface area contributed by atoms with Crippen LogP contribution in [0.4, 0.5) is 0 Å². The van der Waals surface area contributed by atoms with Crippen molar-refractivity contribution < 1.29 is 0 Å². The van der Waals surface area contributed by atoms with Gasteiger partial charge < -0.3 is 5.32 Å². The van der Waals surface area contributed by atoms with Gasteiger partial charge >= 0.3 is 0 Å². The zero-order chi connectivity index (χ0) is 13.0. The lowest BCUT2D eigenvalue weighted by Gasteiger charge is -2.35. The van der Waals surface area contributed by atoms with Crippen molar-refractivity contribution in [3.05, 3.63) is 28.0 Å². The Morgan fingerprint density at radius 3 is 2.25 bits per heavy atom. The fourth-order valence-corrected chi connectivity index (χ4v) is 3.13. The SMILES string of the molecule is CCC[C@H](c1c(Cl)cncc1Cl)N1CCNCC1.Cl.Cl. The van der Waals surface area contributed by atoms with E-state index in [9.17, 15) is 0 Å². The first-order chi connectivity index (χ1) is 8.74. The number of halogens is 4. The second-order valence-corrected chi connectivity index (χ2v) is 5.42. The summed E-state index contributed by atoms with van der Waals surface area (Å²) in [4.78, 5) is 6.50. The van der Waals surface area contributed by atoms with Gasteiger partial charge in [0.05, 0.1) is 10.0 Å². The summed E-state index contributed by atoms with van der Waals surface area (Å²) < 4.78 is 0. The van der Waals surface area contributed by atoms with E-state index in [4.69, 9.17) is 23.2 Å². The Hall–Kier alpha value is 0.230. The van der Waals surface area contributed by atoms with Gasteiger partial charge in [0.15, 0.2) is 0 Å². The number of rotatable bonds is 4. The summed E-state index contributed by atoms with van der Waals surface area (Å²) >= 11 is 12.6. The maximum absolute atomic E-state index is 6.29. The summed E-state index contributed by atoms with van der Waals surface area (Å²) in [6, 6.07) is 0.306. The molecule has 0 bridgehead atoms. The lowest BCUT2D eigenvalue weighted by atomic mass is 10.0. The topological polar surface area (TPSA) is 28.2 Å². The zero-order valence-electron chi connectivity index (χ0n) is 11.4. The van der Waals surface area contributed by atoms with E-state index in [0.717, 1.165) is 44.6 Å². The van der Waals surface area contributed by atoms with Crippen LogP contribution in [0.15, 0.2) is 12.4 Å². The van der Waals surface area contributed by atoms with Crippen LogP contribution in [0.25, 0.3) is 0 Å². The average molecular weight is 361 g/mol. The molecule has 0 saturated carbocycles. The van der Waals surface area contributed by atoms with Crippen LogP contribution < -0.4 is 5.32 Å². The maximum Gasteiger partial charge on any atom is 0.0652 e. The maximum atomic E-state index is 6.29. The minimum Gasteiger partial charge on any atom is -0.314 e. The van der Waals surface area contributed by atoms with Crippen molar-refractivity contribution in [1.29, 1.82) is 0 Å². The largest absolute Gasteiger partial charge is 0.314 e. The zero-order valence-corrected chi connectivity index (χ0v) is 14.6. The van der Waals surface area contributed by atoms with Gasteiger partial charge in [0, 0.05) is 50.2 Å². The average Bonchev–Trinajstić information content (AvgIpc) is 2.38. The Labute approximate surface area is 143 Å². The minimum absolute atomic E-state index is 0. The van der Waals surface area contributed by atoms with Crippen LogP contribution in [0.5, 0.6) is 0 Å². The number of aromatic nitrogens is 1. The number of pyridine rings is 1. The van der Waals surface area contributed by atoms with Crippen LogP contribution in [0, 0.1) is 0 Å². The third-order valence-corrected chi connectivity index (χ3v) is 3.98. The van der Waals surface area contributed by atoms with E-state index in [-0.39, 0.29) is 24.8 Å². The Bertz CT molecular complexity index is 377. The highest BCUT2D eigenvalue weighted by Gasteiger charge is 2.25. The Balaban J connectivity index is 0.00000180. The van der Waals surface area contributed by atoms with Gasteiger partial charge in [-0.15, -0.1) is 24.8 Å². The molecule has 3 nitrogen and oxygen atoms in total. The normalized spacial score (nSPS) is 16.9. The monoisotopic (exact) mass is 359 g/mol. The molecule has 0 unspecified atom stereocenters. The molecule has 0 spiro atoms. The van der Waals surface area contributed by atoms with Crippen molar-refractivity contribution in [3.63, 3.8) is 0 Å². The van der Waals surface area contributed by atoms with Crippen molar-refractivity contribution in [2.45, 2.75) is 25.8 Å². The van der Waals surface area contributed by atoms with E-state index in [1.165, 1.54) is 0 Å². The summed E-state index contributed by atoms with van der Waals surface area (Å²) in [6.45, 7) is 6.33. The molecule has 0 aromatic carbocycles. The predicted octanol–water partition coefficient (Wildman–Crippen LogP) is 3.98. The molecule has 1 aliphatic rings. The summed E-state index contributed by atoms with van der Waals surface area (Å²) in [6.07, 6.45) is 5.56. The van der Waals surface area contributed by atoms with Gasteiger partial charge in [-0.2, -0.15) is 0 Å². The van der Waals surface area contributed by atoms with Crippen molar-refractivity contribution in [2.75, 3.05) is 26.2 Å². The van der Waals surface area contributed by atoms with Crippen LogP contribution in [0.1, 0.15) is 31.4 Å². The van der Waals surface area contributed by atoms with E-state index in [2.05, 4.69) is 22.1 Å². The smallest absolute Gasteiger partial charge is 0.0652 e. The highest BCUT2D eigenvalue weighted by molar-refractivity contribution is 6.35. The van der Waals surface area contributed by atoms with Gasteiger partial charge in [-0.05, 0) is 6.42 Å². The first-order valence-corrected chi connectivity index (χ1v) is 7.23. The molecule has 1 aromatic rings. The molecule has 1 aromatic heterocycles. The Morgan fingerprint density at radius 1 is 1.20 bits per heavy atom. The molecule has 1 aliphatic heterocycles. The van der Waals surface area contributed by atoms with Gasteiger partial charge in [0.2, 0.25) is 0 Å². The summed E-state index contributed by atoms with van der Waals surface area (Å²) in [5.41, 5.74) is 1.04. The number of hydrogen-bond acceptors (Lipinski definition) is 3. The molecule has 1 N–H and O–H groups in total. The molecular weight excluding hydrogens is 340 g/mol. The van der Waals surface area contributed by atoms with Crippen LogP contribution in [-0.2, 0) is 0 Å². The molecule has 7 heteroatoms. The summed E-state index contributed by atoms with van der Waals surface area (Å²) in [7, 11) is 0. The van der Waals surface area contributed by atoms with Crippen LogP contribution in [-0.4, -0.2) is 36.1 Å². The second-order valence-electron chi connectivity index (χ2n) is 4.61. The number of nitrogens with one attached hydrogen (secondary N) is 1. The molecule has 1 fully saturated rings. The third-order valence-electron chi connectivity index (χ3n) is 3.38. The number of hydrogen-bond donors (Lipinski definition) is 1. The lowest BCUT2D eigenvalue weighted by Crippen LogP contribution is -2.45. The molecule has 2 heterocycles. The fraction of sp³-hybridized carbons (Fsp3) is 0.615. The van der Waals surface area contributed by atoms with Crippen molar-refractivity contribution >= 4 is 48.0 Å². The van der Waals surface area contributed by atoms with Crippen molar-refractivity contribution in [2.24, 2.45) is 0 Å². The van der Waals surface area contributed by atoms with Crippen LogP contribution in [0.3, 0.4) is 0 Å². The standard InChI is InChI=1S/C13H19Cl2N3.2ClH/c1-2-3-12(18-6-4-16-5-7-18)13-10(14)8-17-9-11(13)15;;/h8-9,12,16H,2-7H2,1H3;2*1H/t12-;;/m1../s1. The molecule has 20 heavy (non-hydrogen) atoms.